The highest BCUT2D eigenvalue weighted by atomic mass is 35.5. The summed E-state index contributed by atoms with van der Waals surface area (Å²) in [6.45, 7) is -0.392. The van der Waals surface area contributed by atoms with Crippen LogP contribution in [0.1, 0.15) is 0 Å². The molecule has 3 aromatic rings. The molecular formula is C21H18Cl2N2O3S. The van der Waals surface area contributed by atoms with E-state index in [9.17, 15) is 13.2 Å². The third-order valence-electron chi connectivity index (χ3n) is 4.29. The quantitative estimate of drug-likeness (QED) is 0.541. The minimum atomic E-state index is -4.03. The lowest BCUT2D eigenvalue weighted by Gasteiger charge is -2.27. The summed E-state index contributed by atoms with van der Waals surface area (Å²) < 4.78 is 27.7. The Morgan fingerprint density at radius 1 is 0.828 bits per heavy atom. The largest absolute Gasteiger partial charge is 0.314 e. The van der Waals surface area contributed by atoms with Gasteiger partial charge in [0.05, 0.1) is 10.6 Å². The fourth-order valence-electron chi connectivity index (χ4n) is 2.70. The van der Waals surface area contributed by atoms with E-state index in [1.165, 1.54) is 35.2 Å². The number of rotatable bonds is 6. The Bertz CT molecular complexity index is 1100. The third kappa shape index (κ3) is 4.90. The molecule has 0 bridgehead atoms. The van der Waals surface area contributed by atoms with Crippen LogP contribution in [0.2, 0.25) is 10.0 Å². The molecule has 0 fully saturated rings. The van der Waals surface area contributed by atoms with Crippen LogP contribution in [0.25, 0.3) is 0 Å². The molecule has 0 spiro atoms. The highest BCUT2D eigenvalue weighted by molar-refractivity contribution is 7.92. The number of likely N-dealkylation sites (N-methyl/N-ethyl adjacent to an activating group) is 1. The maximum Gasteiger partial charge on any atom is 0.264 e. The van der Waals surface area contributed by atoms with Gasteiger partial charge in [-0.3, -0.25) is 9.10 Å². The second-order valence-electron chi connectivity index (χ2n) is 6.23. The lowest BCUT2D eigenvalue weighted by molar-refractivity contribution is -0.116. The van der Waals surface area contributed by atoms with Gasteiger partial charge < -0.3 is 4.90 Å². The average molecular weight is 449 g/mol. The van der Waals surface area contributed by atoms with E-state index < -0.39 is 22.5 Å². The van der Waals surface area contributed by atoms with Gasteiger partial charge in [0.2, 0.25) is 5.91 Å². The molecule has 8 heteroatoms. The summed E-state index contributed by atoms with van der Waals surface area (Å²) in [6.07, 6.45) is 0. The molecule has 0 atom stereocenters. The van der Waals surface area contributed by atoms with E-state index in [-0.39, 0.29) is 4.90 Å². The topological polar surface area (TPSA) is 57.7 Å². The molecule has 1 amide bonds. The smallest absolute Gasteiger partial charge is 0.264 e. The number of para-hydroxylation sites is 1. The van der Waals surface area contributed by atoms with Crippen LogP contribution in [0.15, 0.2) is 83.8 Å². The van der Waals surface area contributed by atoms with Crippen molar-refractivity contribution in [2.45, 2.75) is 4.90 Å². The Hall–Kier alpha value is -2.54. The molecule has 5 nitrogen and oxygen atoms in total. The van der Waals surface area contributed by atoms with Gasteiger partial charge in [0.25, 0.3) is 10.0 Å². The number of halogens is 2. The molecule has 29 heavy (non-hydrogen) atoms. The van der Waals surface area contributed by atoms with Crippen LogP contribution < -0.4 is 9.21 Å². The van der Waals surface area contributed by atoms with E-state index in [2.05, 4.69) is 0 Å². The number of nitrogens with zero attached hydrogens (tertiary/aromatic N) is 2. The molecule has 0 aliphatic rings. The number of sulfonamides is 1. The molecule has 0 radical (unpaired) electrons. The second kappa shape index (κ2) is 8.86. The summed E-state index contributed by atoms with van der Waals surface area (Å²) in [7, 11) is -2.43. The first-order valence-electron chi connectivity index (χ1n) is 8.64. The molecule has 0 aliphatic carbocycles. The number of carbonyl (C=O) groups excluding carboxylic acids is 1. The lowest BCUT2D eigenvalue weighted by atomic mass is 10.3. The van der Waals surface area contributed by atoms with Gasteiger partial charge >= 0.3 is 0 Å². The Morgan fingerprint density at radius 2 is 1.45 bits per heavy atom. The van der Waals surface area contributed by atoms with E-state index in [1.807, 2.05) is 6.07 Å². The predicted octanol–water partition coefficient (Wildman–Crippen LogP) is 4.85. The van der Waals surface area contributed by atoms with Crippen LogP contribution >= 0.6 is 23.2 Å². The van der Waals surface area contributed by atoms with Crippen molar-refractivity contribution in [3.05, 3.63) is 88.9 Å². The maximum absolute atomic E-state index is 13.3. The van der Waals surface area contributed by atoms with E-state index in [4.69, 9.17) is 23.2 Å². The van der Waals surface area contributed by atoms with Gasteiger partial charge in [-0.25, -0.2) is 8.42 Å². The number of amides is 1. The van der Waals surface area contributed by atoms with E-state index in [0.29, 0.717) is 21.4 Å². The monoisotopic (exact) mass is 448 g/mol. The standard InChI is InChI=1S/C21H18Cl2N2O3S/c1-24(18-7-3-2-4-8-18)21(26)15-25(19-9-5-6-17(23)14-19)29(27,28)20-12-10-16(22)11-13-20/h2-14H,15H2,1H3. The van der Waals surface area contributed by atoms with Gasteiger partial charge in [-0.15, -0.1) is 0 Å². The summed E-state index contributed by atoms with van der Waals surface area (Å²) in [6, 6.07) is 21.1. The zero-order valence-corrected chi connectivity index (χ0v) is 17.8. The van der Waals surface area contributed by atoms with E-state index in [1.54, 1.807) is 49.5 Å². The third-order valence-corrected chi connectivity index (χ3v) is 6.57. The van der Waals surface area contributed by atoms with Crippen molar-refractivity contribution in [3.63, 3.8) is 0 Å². The average Bonchev–Trinajstić information content (AvgIpc) is 2.72. The van der Waals surface area contributed by atoms with Crippen molar-refractivity contribution in [1.82, 2.24) is 0 Å². The molecule has 3 aromatic carbocycles. The van der Waals surface area contributed by atoms with Crippen LogP contribution in [0.4, 0.5) is 11.4 Å². The summed E-state index contributed by atoms with van der Waals surface area (Å²) in [5, 5.41) is 0.779. The minimum absolute atomic E-state index is 0.0250. The summed E-state index contributed by atoms with van der Waals surface area (Å²) in [5.41, 5.74) is 0.953. The first-order chi connectivity index (χ1) is 13.8. The highest BCUT2D eigenvalue weighted by Gasteiger charge is 2.28. The van der Waals surface area contributed by atoms with Gasteiger partial charge in [0.15, 0.2) is 0 Å². The number of hydrogen-bond acceptors (Lipinski definition) is 3. The lowest BCUT2D eigenvalue weighted by Crippen LogP contribution is -2.41. The molecule has 3 rings (SSSR count). The molecule has 0 aliphatic heterocycles. The molecule has 0 N–H and O–H groups in total. The summed E-state index contributed by atoms with van der Waals surface area (Å²) in [5.74, 6) is -0.395. The van der Waals surface area contributed by atoms with Crippen LogP contribution in [-0.2, 0) is 14.8 Å². The van der Waals surface area contributed by atoms with Gasteiger partial charge in [-0.1, -0.05) is 47.5 Å². The normalized spacial score (nSPS) is 11.1. The van der Waals surface area contributed by atoms with E-state index in [0.717, 1.165) is 4.31 Å². The molecule has 0 aromatic heterocycles. The second-order valence-corrected chi connectivity index (χ2v) is 8.97. The molecule has 150 valence electrons. The fraction of sp³-hybridized carbons (Fsp3) is 0.0952. The van der Waals surface area contributed by atoms with Gasteiger partial charge in [-0.2, -0.15) is 0 Å². The van der Waals surface area contributed by atoms with Gasteiger partial charge in [-0.05, 0) is 54.6 Å². The van der Waals surface area contributed by atoms with Crippen molar-refractivity contribution >= 4 is 50.5 Å². The number of hydrogen-bond donors (Lipinski definition) is 0. The molecule has 0 saturated carbocycles. The Balaban J connectivity index is 2.00. The van der Waals surface area contributed by atoms with Crippen molar-refractivity contribution in [2.75, 3.05) is 22.8 Å². The van der Waals surface area contributed by atoms with Crippen LogP contribution in [0.3, 0.4) is 0 Å². The zero-order valence-electron chi connectivity index (χ0n) is 15.5. The van der Waals surface area contributed by atoms with Crippen molar-refractivity contribution in [3.8, 4) is 0 Å². The number of anilines is 2. The van der Waals surface area contributed by atoms with Crippen molar-refractivity contribution in [1.29, 1.82) is 0 Å². The first-order valence-corrected chi connectivity index (χ1v) is 10.8. The van der Waals surface area contributed by atoms with Gasteiger partial charge in [0.1, 0.15) is 6.54 Å². The molecule has 0 unspecified atom stereocenters. The number of carbonyl (C=O) groups is 1. The molecule has 0 saturated heterocycles. The van der Waals surface area contributed by atoms with E-state index >= 15 is 0 Å². The zero-order chi connectivity index (χ0) is 21.0. The Labute approximate surface area is 180 Å². The first kappa shape index (κ1) is 21.2. The van der Waals surface area contributed by atoms with Crippen molar-refractivity contribution in [2.24, 2.45) is 0 Å². The van der Waals surface area contributed by atoms with Crippen LogP contribution in [0, 0.1) is 0 Å². The van der Waals surface area contributed by atoms with Crippen LogP contribution in [0.5, 0.6) is 0 Å². The SMILES string of the molecule is CN(C(=O)CN(c1cccc(Cl)c1)S(=O)(=O)c1ccc(Cl)cc1)c1ccccc1. The summed E-state index contributed by atoms with van der Waals surface area (Å²) in [4.78, 5) is 14.3. The summed E-state index contributed by atoms with van der Waals surface area (Å²) >= 11 is 12.0. The predicted molar refractivity (Wildman–Crippen MR) is 117 cm³/mol. The maximum atomic E-state index is 13.3. The minimum Gasteiger partial charge on any atom is -0.314 e. The van der Waals surface area contributed by atoms with Crippen molar-refractivity contribution < 1.29 is 13.2 Å². The highest BCUT2D eigenvalue weighted by Crippen LogP contribution is 2.27. The fourth-order valence-corrected chi connectivity index (χ4v) is 4.42. The molecular weight excluding hydrogens is 431 g/mol. The Kier molecular flexibility index (Phi) is 6.47. The molecule has 0 heterocycles. The Morgan fingerprint density at radius 3 is 2.07 bits per heavy atom. The number of benzene rings is 3. The van der Waals surface area contributed by atoms with Gasteiger partial charge in [0, 0.05) is 22.8 Å². The van der Waals surface area contributed by atoms with Crippen LogP contribution in [-0.4, -0.2) is 27.9 Å².